The van der Waals surface area contributed by atoms with Crippen LogP contribution in [0.4, 0.5) is 0 Å². The summed E-state index contributed by atoms with van der Waals surface area (Å²) in [6, 6.07) is 32.6. The molecule has 0 nitrogen and oxygen atoms in total. The van der Waals surface area contributed by atoms with E-state index in [1.807, 2.05) is 0 Å². The molecule has 1 aliphatic rings. The van der Waals surface area contributed by atoms with Crippen LogP contribution < -0.4 is 37.2 Å². The SMILES string of the molecule is [Cl-].[Cl-].[Cl-].[Ti+3][C]1=CCC(C(c2ccccc2)c2ccccc2)=C1c1ccccc1. The second-order valence-electron chi connectivity index (χ2n) is 6.34. The van der Waals surface area contributed by atoms with Crippen LogP contribution in [0.5, 0.6) is 0 Å². The molecule has 3 aromatic rings. The summed E-state index contributed by atoms with van der Waals surface area (Å²) in [4.78, 5) is 0. The van der Waals surface area contributed by atoms with Gasteiger partial charge in [0.25, 0.3) is 0 Å². The maximum atomic E-state index is 2.37. The van der Waals surface area contributed by atoms with Crippen molar-refractivity contribution in [2.45, 2.75) is 12.3 Å². The standard InChI is InChI=1S/C24H19.3ClH.Ti/c1-4-11-19(12-5-1)22-17-10-18-23(22)24(20-13-6-2-7-14-20)21-15-8-3-9-16-21;;;;/h1-16,24H,18H2;3*1H;/q;;;;+3/p-3. The van der Waals surface area contributed by atoms with E-state index in [1.165, 1.54) is 31.7 Å². The minimum absolute atomic E-state index is 0. The summed E-state index contributed by atoms with van der Waals surface area (Å²) in [6.45, 7) is 0. The van der Waals surface area contributed by atoms with Crippen LogP contribution in [0.3, 0.4) is 0 Å². The van der Waals surface area contributed by atoms with Gasteiger partial charge in [0.05, 0.1) is 0 Å². The Labute approximate surface area is 197 Å². The molecule has 0 fully saturated rings. The molecule has 0 unspecified atom stereocenters. The fraction of sp³-hybridized carbons (Fsp3) is 0.0833. The first kappa shape index (κ1) is 24.8. The Balaban J connectivity index is 0.00000131. The molecule has 0 heterocycles. The van der Waals surface area contributed by atoms with E-state index in [1.54, 1.807) is 0 Å². The molecule has 4 rings (SSSR count). The fourth-order valence-corrected chi connectivity index (χ4v) is 4.32. The second-order valence-corrected chi connectivity index (χ2v) is 7.18. The van der Waals surface area contributed by atoms with E-state index in [9.17, 15) is 0 Å². The van der Waals surface area contributed by atoms with Gasteiger partial charge in [-0.3, -0.25) is 0 Å². The molecule has 0 bridgehead atoms. The van der Waals surface area contributed by atoms with Crippen LogP contribution in [0.15, 0.2) is 107 Å². The fourth-order valence-electron chi connectivity index (χ4n) is 3.68. The first-order valence-electron chi connectivity index (χ1n) is 8.65. The molecule has 0 aliphatic heterocycles. The number of hydrogen-bond donors (Lipinski definition) is 0. The third kappa shape index (κ3) is 5.20. The quantitative estimate of drug-likeness (QED) is 0.367. The molecule has 0 radical (unpaired) electrons. The zero-order chi connectivity index (χ0) is 17.1. The van der Waals surface area contributed by atoms with Crippen molar-refractivity contribution >= 4 is 5.57 Å². The molecule has 0 N–H and O–H groups in total. The van der Waals surface area contributed by atoms with Crippen LogP contribution in [0, 0.1) is 0 Å². The first-order valence-corrected chi connectivity index (χ1v) is 9.43. The summed E-state index contributed by atoms with van der Waals surface area (Å²) < 4.78 is 1.39. The predicted molar refractivity (Wildman–Crippen MR) is 101 cm³/mol. The topological polar surface area (TPSA) is 0 Å². The third-order valence-corrected chi connectivity index (χ3v) is 5.50. The minimum atomic E-state index is 0. The van der Waals surface area contributed by atoms with Crippen LogP contribution in [0.2, 0.25) is 0 Å². The number of benzene rings is 3. The molecule has 0 amide bonds. The molecular formula is C24H19Cl3Ti. The van der Waals surface area contributed by atoms with Crippen molar-refractivity contribution in [2.75, 3.05) is 0 Å². The predicted octanol–water partition coefficient (Wildman–Crippen LogP) is -2.88. The number of hydrogen-bond acceptors (Lipinski definition) is 0. The Bertz CT molecular complexity index is 880. The molecule has 0 aromatic heterocycles. The van der Waals surface area contributed by atoms with E-state index >= 15 is 0 Å². The summed E-state index contributed by atoms with van der Waals surface area (Å²) in [7, 11) is 0. The van der Waals surface area contributed by atoms with E-state index in [-0.39, 0.29) is 37.2 Å². The molecule has 3 aromatic carbocycles. The number of halogens is 3. The van der Waals surface area contributed by atoms with Crippen LogP contribution in [-0.4, -0.2) is 0 Å². The Kier molecular flexibility index (Phi) is 10.3. The third-order valence-electron chi connectivity index (χ3n) is 4.79. The summed E-state index contributed by atoms with van der Waals surface area (Å²) in [5.74, 6) is 0.298. The summed E-state index contributed by atoms with van der Waals surface area (Å²) >= 11 is 2.24. The normalized spacial score (nSPS) is 12.6. The molecule has 1 aliphatic carbocycles. The average Bonchev–Trinajstić information content (AvgIpc) is 3.05. The summed E-state index contributed by atoms with van der Waals surface area (Å²) in [5, 5.41) is 0. The van der Waals surface area contributed by atoms with Gasteiger partial charge < -0.3 is 37.2 Å². The van der Waals surface area contributed by atoms with Gasteiger partial charge in [0, 0.05) is 0 Å². The van der Waals surface area contributed by atoms with Crippen LogP contribution in [-0.2, 0) is 20.4 Å². The van der Waals surface area contributed by atoms with Crippen molar-refractivity contribution in [1.82, 2.24) is 0 Å². The zero-order valence-electron chi connectivity index (χ0n) is 15.2. The van der Waals surface area contributed by atoms with E-state index < -0.39 is 0 Å². The zero-order valence-corrected chi connectivity index (χ0v) is 19.0. The molecule has 0 saturated heterocycles. The van der Waals surface area contributed by atoms with Crippen molar-refractivity contribution in [2.24, 2.45) is 0 Å². The van der Waals surface area contributed by atoms with Gasteiger partial charge in [0.1, 0.15) is 0 Å². The monoisotopic (exact) mass is 460 g/mol. The van der Waals surface area contributed by atoms with Gasteiger partial charge in [-0.15, -0.1) is 0 Å². The molecule has 28 heavy (non-hydrogen) atoms. The number of allylic oxidation sites excluding steroid dienone is 4. The second kappa shape index (κ2) is 11.7. The van der Waals surface area contributed by atoms with Gasteiger partial charge in [-0.25, -0.2) is 0 Å². The van der Waals surface area contributed by atoms with Crippen LogP contribution >= 0.6 is 0 Å². The van der Waals surface area contributed by atoms with Crippen LogP contribution in [0.25, 0.3) is 5.57 Å². The van der Waals surface area contributed by atoms with E-state index in [0.717, 1.165) is 6.42 Å². The molecular weight excluding hydrogens is 442 g/mol. The first-order chi connectivity index (χ1) is 12.3. The van der Waals surface area contributed by atoms with E-state index in [0.29, 0.717) is 5.92 Å². The maximum absolute atomic E-state index is 2.37. The Hall–Kier alpha value is -1.28. The molecule has 0 saturated carbocycles. The van der Waals surface area contributed by atoms with Crippen molar-refractivity contribution in [1.29, 1.82) is 0 Å². The van der Waals surface area contributed by atoms with Gasteiger partial charge in [0.15, 0.2) is 0 Å². The van der Waals surface area contributed by atoms with Gasteiger partial charge in [-0.1, -0.05) is 0 Å². The molecule has 140 valence electrons. The summed E-state index contributed by atoms with van der Waals surface area (Å²) in [6.07, 6.45) is 3.39. The van der Waals surface area contributed by atoms with Crippen molar-refractivity contribution in [3.8, 4) is 0 Å². The van der Waals surface area contributed by atoms with Crippen molar-refractivity contribution in [3.05, 3.63) is 123 Å². The Morgan fingerprint density at radius 2 is 1.04 bits per heavy atom. The van der Waals surface area contributed by atoms with Crippen LogP contribution in [0.1, 0.15) is 29.0 Å². The van der Waals surface area contributed by atoms with Crippen molar-refractivity contribution in [3.63, 3.8) is 0 Å². The van der Waals surface area contributed by atoms with Crippen molar-refractivity contribution < 1.29 is 57.7 Å². The van der Waals surface area contributed by atoms with Gasteiger partial charge >= 0.3 is 162 Å². The molecule has 0 atom stereocenters. The van der Waals surface area contributed by atoms with Gasteiger partial charge in [-0.05, 0) is 0 Å². The number of rotatable bonds is 4. The summed E-state index contributed by atoms with van der Waals surface area (Å²) in [5.41, 5.74) is 6.96. The molecule has 0 spiro atoms. The van der Waals surface area contributed by atoms with E-state index in [4.69, 9.17) is 0 Å². The molecule has 4 heteroatoms. The van der Waals surface area contributed by atoms with Gasteiger partial charge in [0.2, 0.25) is 0 Å². The van der Waals surface area contributed by atoms with Gasteiger partial charge in [-0.2, -0.15) is 0 Å². The Morgan fingerprint density at radius 1 is 0.607 bits per heavy atom. The average molecular weight is 462 g/mol. The van der Waals surface area contributed by atoms with E-state index in [2.05, 4.69) is 118 Å². The Morgan fingerprint density at radius 3 is 1.50 bits per heavy atom.